The van der Waals surface area contributed by atoms with Gasteiger partial charge in [0.2, 0.25) is 0 Å². The maximum Gasteiger partial charge on any atom is 0.274 e. The van der Waals surface area contributed by atoms with Gasteiger partial charge in [0.25, 0.3) is 5.91 Å². The van der Waals surface area contributed by atoms with Crippen molar-refractivity contribution in [3.05, 3.63) is 11.9 Å². The molecule has 1 amide bonds. The molecule has 0 bridgehead atoms. The molecule has 2 heterocycles. The number of nitrogen functional groups attached to an aromatic ring is 1. The zero-order valence-electron chi connectivity index (χ0n) is 11.2. The van der Waals surface area contributed by atoms with Gasteiger partial charge in [-0.15, -0.1) is 0 Å². The van der Waals surface area contributed by atoms with Crippen molar-refractivity contribution < 1.29 is 4.79 Å². The van der Waals surface area contributed by atoms with Gasteiger partial charge in [-0.25, -0.2) is 0 Å². The Bertz CT molecular complexity index is 427. The van der Waals surface area contributed by atoms with Crippen molar-refractivity contribution in [2.24, 2.45) is 5.92 Å². The molecule has 0 aromatic carbocycles. The Labute approximate surface area is 108 Å². The fourth-order valence-corrected chi connectivity index (χ4v) is 2.68. The van der Waals surface area contributed by atoms with Crippen LogP contribution in [0.1, 0.15) is 43.6 Å². The second-order valence-corrected chi connectivity index (χ2v) is 4.96. The van der Waals surface area contributed by atoms with Crippen LogP contribution in [-0.4, -0.2) is 33.7 Å². The number of likely N-dealkylation sites (tertiary alicyclic amines) is 1. The van der Waals surface area contributed by atoms with Crippen LogP contribution in [-0.2, 0) is 6.54 Å². The molecule has 0 saturated carbocycles. The van der Waals surface area contributed by atoms with E-state index in [0.29, 0.717) is 23.8 Å². The van der Waals surface area contributed by atoms with Crippen molar-refractivity contribution in [3.8, 4) is 0 Å². The van der Waals surface area contributed by atoms with Gasteiger partial charge in [0.05, 0.1) is 11.9 Å². The van der Waals surface area contributed by atoms with Gasteiger partial charge in [-0.2, -0.15) is 5.10 Å². The molecule has 1 aromatic heterocycles. The highest BCUT2D eigenvalue weighted by Crippen LogP contribution is 2.24. The lowest BCUT2D eigenvalue weighted by Gasteiger charge is -2.17. The Kier molecular flexibility index (Phi) is 3.89. The maximum absolute atomic E-state index is 12.4. The largest absolute Gasteiger partial charge is 0.396 e. The van der Waals surface area contributed by atoms with E-state index >= 15 is 0 Å². The fraction of sp³-hybridized carbons (Fsp3) is 0.692. The minimum absolute atomic E-state index is 0.0328. The van der Waals surface area contributed by atoms with E-state index < -0.39 is 0 Å². The van der Waals surface area contributed by atoms with Crippen molar-refractivity contribution in [3.63, 3.8) is 0 Å². The Morgan fingerprint density at radius 3 is 3.00 bits per heavy atom. The van der Waals surface area contributed by atoms with Gasteiger partial charge < -0.3 is 10.6 Å². The number of nitrogens with zero attached hydrogens (tertiary/aromatic N) is 3. The third-order valence-corrected chi connectivity index (χ3v) is 3.64. The first kappa shape index (κ1) is 12.9. The molecular weight excluding hydrogens is 228 g/mol. The zero-order chi connectivity index (χ0) is 13.1. The molecule has 1 atom stereocenters. The van der Waals surface area contributed by atoms with Crippen LogP contribution in [0.25, 0.3) is 0 Å². The summed E-state index contributed by atoms with van der Waals surface area (Å²) in [6.45, 7) is 6.53. The lowest BCUT2D eigenvalue weighted by atomic mass is 10.0. The summed E-state index contributed by atoms with van der Waals surface area (Å²) >= 11 is 0. The van der Waals surface area contributed by atoms with Crippen molar-refractivity contribution in [1.82, 2.24) is 14.7 Å². The van der Waals surface area contributed by atoms with Crippen LogP contribution in [0.3, 0.4) is 0 Å². The number of aryl methyl sites for hydroxylation is 1. The average Bonchev–Trinajstić information content (AvgIpc) is 2.95. The molecule has 1 aliphatic rings. The number of carbonyl (C=O) groups excluding carboxylic acids is 1. The van der Waals surface area contributed by atoms with Crippen LogP contribution in [0.2, 0.25) is 0 Å². The third kappa shape index (κ3) is 2.35. The number of nitrogens with two attached hydrogens (primary N) is 1. The molecule has 0 spiro atoms. The second-order valence-electron chi connectivity index (χ2n) is 4.96. The number of anilines is 1. The summed E-state index contributed by atoms with van der Waals surface area (Å²) in [7, 11) is 0. The van der Waals surface area contributed by atoms with E-state index in [9.17, 15) is 4.79 Å². The van der Waals surface area contributed by atoms with E-state index in [4.69, 9.17) is 5.73 Å². The standard InChI is InChI=1S/C13H22N4O/c1-3-5-10-6-7-16(9-10)13(18)12-11(14)8-15-17(12)4-2/h8,10H,3-7,9,14H2,1-2H3. The topological polar surface area (TPSA) is 64.2 Å². The monoisotopic (exact) mass is 250 g/mol. The molecule has 5 nitrogen and oxygen atoms in total. The second kappa shape index (κ2) is 5.42. The van der Waals surface area contributed by atoms with Gasteiger partial charge in [-0.3, -0.25) is 9.48 Å². The smallest absolute Gasteiger partial charge is 0.274 e. The van der Waals surface area contributed by atoms with E-state index in [0.717, 1.165) is 19.5 Å². The van der Waals surface area contributed by atoms with Crippen LogP contribution in [0.15, 0.2) is 6.20 Å². The van der Waals surface area contributed by atoms with Gasteiger partial charge in [-0.05, 0) is 25.7 Å². The minimum atomic E-state index is 0.0328. The Morgan fingerprint density at radius 1 is 1.56 bits per heavy atom. The number of rotatable bonds is 4. The molecule has 1 aliphatic heterocycles. The molecule has 18 heavy (non-hydrogen) atoms. The summed E-state index contributed by atoms with van der Waals surface area (Å²) < 4.78 is 1.69. The van der Waals surface area contributed by atoms with E-state index in [2.05, 4.69) is 12.0 Å². The highest BCUT2D eigenvalue weighted by Gasteiger charge is 2.29. The van der Waals surface area contributed by atoms with Gasteiger partial charge in [0.1, 0.15) is 5.69 Å². The van der Waals surface area contributed by atoms with Crippen molar-refractivity contribution in [2.45, 2.75) is 39.7 Å². The van der Waals surface area contributed by atoms with Gasteiger partial charge >= 0.3 is 0 Å². The van der Waals surface area contributed by atoms with E-state index in [1.807, 2.05) is 11.8 Å². The van der Waals surface area contributed by atoms with Crippen LogP contribution in [0.5, 0.6) is 0 Å². The predicted molar refractivity (Wildman–Crippen MR) is 71.2 cm³/mol. The summed E-state index contributed by atoms with van der Waals surface area (Å²) in [4.78, 5) is 14.4. The molecular formula is C13H22N4O. The average molecular weight is 250 g/mol. The molecule has 1 saturated heterocycles. The SMILES string of the molecule is CCCC1CCN(C(=O)c2c(N)cnn2CC)C1. The molecule has 100 valence electrons. The van der Waals surface area contributed by atoms with E-state index in [1.165, 1.54) is 12.8 Å². The van der Waals surface area contributed by atoms with Crippen LogP contribution < -0.4 is 5.73 Å². The normalized spacial score (nSPS) is 19.4. The van der Waals surface area contributed by atoms with Crippen LogP contribution in [0.4, 0.5) is 5.69 Å². The molecule has 1 fully saturated rings. The first-order valence-corrected chi connectivity index (χ1v) is 6.77. The Hall–Kier alpha value is -1.52. The highest BCUT2D eigenvalue weighted by molar-refractivity contribution is 5.97. The quantitative estimate of drug-likeness (QED) is 0.885. The summed E-state index contributed by atoms with van der Waals surface area (Å²) in [6.07, 6.45) is 5.06. The molecule has 1 aromatic rings. The molecule has 0 aliphatic carbocycles. The van der Waals surface area contributed by atoms with Gasteiger partial charge in [-0.1, -0.05) is 13.3 Å². The van der Waals surface area contributed by atoms with Crippen LogP contribution >= 0.6 is 0 Å². The number of carbonyl (C=O) groups is 1. The summed E-state index contributed by atoms with van der Waals surface area (Å²) in [5, 5.41) is 4.13. The summed E-state index contributed by atoms with van der Waals surface area (Å²) in [5.74, 6) is 0.684. The molecule has 2 N–H and O–H groups in total. The van der Waals surface area contributed by atoms with Crippen LogP contribution in [0, 0.1) is 5.92 Å². The van der Waals surface area contributed by atoms with Crippen molar-refractivity contribution in [1.29, 1.82) is 0 Å². The van der Waals surface area contributed by atoms with Crippen molar-refractivity contribution >= 4 is 11.6 Å². The van der Waals surface area contributed by atoms with Gasteiger partial charge in [0, 0.05) is 19.6 Å². The Balaban J connectivity index is 2.10. The number of aromatic nitrogens is 2. The third-order valence-electron chi connectivity index (χ3n) is 3.64. The molecule has 2 rings (SSSR count). The van der Waals surface area contributed by atoms with Crippen molar-refractivity contribution in [2.75, 3.05) is 18.8 Å². The lowest BCUT2D eigenvalue weighted by Crippen LogP contribution is -2.31. The molecule has 5 heteroatoms. The zero-order valence-corrected chi connectivity index (χ0v) is 11.2. The number of hydrogen-bond donors (Lipinski definition) is 1. The molecule has 0 radical (unpaired) electrons. The van der Waals surface area contributed by atoms with Gasteiger partial charge in [0.15, 0.2) is 0 Å². The first-order valence-electron chi connectivity index (χ1n) is 6.77. The first-order chi connectivity index (χ1) is 8.67. The number of amides is 1. The summed E-state index contributed by atoms with van der Waals surface area (Å²) in [6, 6.07) is 0. The highest BCUT2D eigenvalue weighted by atomic mass is 16.2. The fourth-order valence-electron chi connectivity index (χ4n) is 2.68. The predicted octanol–water partition coefficient (Wildman–Crippen LogP) is 1.75. The summed E-state index contributed by atoms with van der Waals surface area (Å²) in [5.41, 5.74) is 6.89. The minimum Gasteiger partial charge on any atom is -0.396 e. The van der Waals surface area contributed by atoms with E-state index in [-0.39, 0.29) is 5.91 Å². The number of hydrogen-bond acceptors (Lipinski definition) is 3. The maximum atomic E-state index is 12.4. The van der Waals surface area contributed by atoms with E-state index in [1.54, 1.807) is 10.9 Å². The lowest BCUT2D eigenvalue weighted by molar-refractivity contribution is 0.0775. The molecule has 1 unspecified atom stereocenters. The Morgan fingerprint density at radius 2 is 2.33 bits per heavy atom.